The summed E-state index contributed by atoms with van der Waals surface area (Å²) in [6.45, 7) is 9.04. The first-order chi connectivity index (χ1) is 23.6. The number of hydrogen-bond donors (Lipinski definition) is 3. The summed E-state index contributed by atoms with van der Waals surface area (Å²) in [4.78, 5) is 28.9. The molecule has 1 fully saturated rings. The Hall–Kier alpha value is -4.95. The summed E-state index contributed by atoms with van der Waals surface area (Å²) in [6.07, 6.45) is 8.43. The molecule has 3 N–H and O–H groups in total. The van der Waals surface area contributed by atoms with E-state index in [1.807, 2.05) is 55.6 Å². The molecule has 3 atom stereocenters. The summed E-state index contributed by atoms with van der Waals surface area (Å²) in [5, 5.41) is 14.6. The average molecular weight is 702 g/mol. The molecule has 0 unspecified atom stereocenters. The first-order valence-corrected chi connectivity index (χ1v) is 18.2. The number of ether oxygens (including phenoxy) is 2. The van der Waals surface area contributed by atoms with Crippen LogP contribution in [0.3, 0.4) is 0 Å². The number of fused-ring (bicyclic) bond motifs is 2. The van der Waals surface area contributed by atoms with Gasteiger partial charge in [0.25, 0.3) is 0 Å². The molecule has 1 aliphatic carbocycles. The lowest BCUT2D eigenvalue weighted by atomic mass is 9.81. The van der Waals surface area contributed by atoms with Gasteiger partial charge in [-0.2, -0.15) is 0 Å². The summed E-state index contributed by atoms with van der Waals surface area (Å²) < 4.78 is 40.8. The fourth-order valence-corrected chi connectivity index (χ4v) is 7.28. The number of sulfonamides is 1. The van der Waals surface area contributed by atoms with Crippen LogP contribution < -0.4 is 24.8 Å². The summed E-state index contributed by atoms with van der Waals surface area (Å²) in [7, 11) is -0.193. The van der Waals surface area contributed by atoms with E-state index in [0.29, 0.717) is 28.8 Å². The number of anilines is 2. The van der Waals surface area contributed by atoms with Crippen molar-refractivity contribution >= 4 is 39.4 Å². The maximum atomic E-state index is 13.7. The van der Waals surface area contributed by atoms with Gasteiger partial charge in [0.1, 0.15) is 17.4 Å². The van der Waals surface area contributed by atoms with Crippen LogP contribution >= 0.6 is 0 Å². The number of rotatable bonds is 9. The maximum absolute atomic E-state index is 13.7. The zero-order valence-corrected chi connectivity index (χ0v) is 30.1. The Morgan fingerprint density at radius 3 is 2.50 bits per heavy atom. The number of urea groups is 1. The average Bonchev–Trinajstić information content (AvgIpc) is 3.63. The van der Waals surface area contributed by atoms with Crippen molar-refractivity contribution < 1.29 is 27.5 Å². The molecule has 13 nitrogen and oxygen atoms in total. The molecule has 264 valence electrons. The minimum Gasteiger partial charge on any atom is -0.492 e. The predicted octanol–water partition coefficient (Wildman–Crippen LogP) is 5.25. The Bertz CT molecular complexity index is 2110. The SMILES string of the molecule is COc1c(NC(=O)N[C@@]2(C=O)C=C[C@@H](Oc3ccc4nnc([C@@]5(C)CCCN5C)n4c3)c3ccccc32)cc(C(C)(C)C)cc1NS(C)(=O)=O. The summed E-state index contributed by atoms with van der Waals surface area (Å²) in [5.41, 5.74) is 0.904. The minimum absolute atomic E-state index is 0.119. The van der Waals surface area contributed by atoms with Gasteiger partial charge in [-0.3, -0.25) is 18.8 Å². The largest absolute Gasteiger partial charge is 0.492 e. The molecule has 2 aromatic carbocycles. The van der Waals surface area contributed by atoms with Crippen molar-refractivity contribution in [3.8, 4) is 11.5 Å². The van der Waals surface area contributed by atoms with E-state index in [2.05, 4.69) is 44.4 Å². The van der Waals surface area contributed by atoms with Crippen molar-refractivity contribution in [3.05, 3.63) is 89.4 Å². The number of methoxy groups -OCH3 is 1. The van der Waals surface area contributed by atoms with Crippen LogP contribution in [0.15, 0.2) is 66.9 Å². The monoisotopic (exact) mass is 701 g/mol. The second kappa shape index (κ2) is 12.7. The fraction of sp³-hybridized carbons (Fsp3) is 0.389. The first-order valence-electron chi connectivity index (χ1n) is 16.3. The molecule has 1 saturated heterocycles. The van der Waals surface area contributed by atoms with Gasteiger partial charge in [0.05, 0.1) is 36.5 Å². The van der Waals surface area contributed by atoms with Gasteiger partial charge in [0.15, 0.2) is 23.5 Å². The zero-order valence-electron chi connectivity index (χ0n) is 29.3. The van der Waals surface area contributed by atoms with Crippen molar-refractivity contribution in [3.63, 3.8) is 0 Å². The molecule has 50 heavy (non-hydrogen) atoms. The highest BCUT2D eigenvalue weighted by atomic mass is 32.2. The lowest BCUT2D eigenvalue weighted by Gasteiger charge is -2.34. The van der Waals surface area contributed by atoms with Gasteiger partial charge >= 0.3 is 6.03 Å². The van der Waals surface area contributed by atoms with Crippen LogP contribution in [-0.4, -0.2) is 67.2 Å². The van der Waals surface area contributed by atoms with Crippen molar-refractivity contribution in [2.45, 2.75) is 63.1 Å². The Morgan fingerprint density at radius 2 is 1.84 bits per heavy atom. The quantitative estimate of drug-likeness (QED) is 0.157. The van der Waals surface area contributed by atoms with Gasteiger partial charge in [-0.15, -0.1) is 10.2 Å². The third kappa shape index (κ3) is 6.52. The minimum atomic E-state index is -3.67. The molecule has 2 aromatic heterocycles. The molecule has 0 radical (unpaired) electrons. The van der Waals surface area contributed by atoms with E-state index in [9.17, 15) is 18.0 Å². The number of pyridine rings is 1. The number of nitrogens with zero attached hydrogens (tertiary/aromatic N) is 4. The van der Waals surface area contributed by atoms with Gasteiger partial charge in [-0.1, -0.05) is 45.0 Å². The highest BCUT2D eigenvalue weighted by molar-refractivity contribution is 7.92. The molecule has 4 aromatic rings. The highest BCUT2D eigenvalue weighted by Gasteiger charge is 2.41. The number of amides is 2. The Labute approximate surface area is 292 Å². The number of hydrogen-bond acceptors (Lipinski definition) is 9. The first kappa shape index (κ1) is 34.9. The second-order valence-electron chi connectivity index (χ2n) is 14.2. The third-order valence-electron chi connectivity index (χ3n) is 9.58. The van der Waals surface area contributed by atoms with Gasteiger partial charge < -0.3 is 20.1 Å². The van der Waals surface area contributed by atoms with E-state index in [1.165, 1.54) is 7.11 Å². The molecule has 3 heterocycles. The number of nitrogens with one attached hydrogen (secondary N) is 3. The van der Waals surface area contributed by atoms with Crippen LogP contribution in [0.2, 0.25) is 0 Å². The van der Waals surface area contributed by atoms with Crippen LogP contribution in [0.4, 0.5) is 16.2 Å². The van der Waals surface area contributed by atoms with Crippen LogP contribution in [-0.2, 0) is 31.3 Å². The lowest BCUT2D eigenvalue weighted by molar-refractivity contribution is -0.111. The van der Waals surface area contributed by atoms with Crippen LogP contribution in [0.1, 0.15) is 69.2 Å². The summed E-state index contributed by atoms with van der Waals surface area (Å²) >= 11 is 0. The van der Waals surface area contributed by atoms with Crippen LogP contribution in [0.25, 0.3) is 5.65 Å². The third-order valence-corrected chi connectivity index (χ3v) is 10.2. The Balaban J connectivity index is 1.29. The van der Waals surface area contributed by atoms with Crippen LogP contribution in [0, 0.1) is 0 Å². The molecule has 6 rings (SSSR count). The van der Waals surface area contributed by atoms with E-state index in [0.717, 1.165) is 37.0 Å². The van der Waals surface area contributed by atoms with Gasteiger partial charge in [-0.25, -0.2) is 13.2 Å². The number of carbonyl (C=O) groups excluding carboxylic acids is 2. The van der Waals surface area contributed by atoms with Gasteiger partial charge in [0.2, 0.25) is 10.0 Å². The molecule has 2 aliphatic rings. The summed E-state index contributed by atoms with van der Waals surface area (Å²) in [5.74, 6) is 1.55. The number of carbonyl (C=O) groups is 2. The van der Waals surface area contributed by atoms with E-state index in [1.54, 1.807) is 36.4 Å². The van der Waals surface area contributed by atoms with E-state index >= 15 is 0 Å². The Kier molecular flexibility index (Phi) is 8.89. The zero-order chi connectivity index (χ0) is 36.1. The second-order valence-corrected chi connectivity index (χ2v) is 15.9. The molecule has 0 spiro atoms. The smallest absolute Gasteiger partial charge is 0.320 e. The topological polar surface area (TPSA) is 156 Å². The molecule has 14 heteroatoms. The normalized spacial score (nSPS) is 22.2. The van der Waals surface area contributed by atoms with Crippen molar-refractivity contribution in [2.75, 3.05) is 37.0 Å². The Morgan fingerprint density at radius 1 is 1.10 bits per heavy atom. The van der Waals surface area contributed by atoms with Crippen molar-refractivity contribution in [1.29, 1.82) is 0 Å². The predicted molar refractivity (Wildman–Crippen MR) is 191 cm³/mol. The molecule has 0 bridgehead atoms. The summed E-state index contributed by atoms with van der Waals surface area (Å²) in [6, 6.07) is 13.7. The molecule has 0 saturated carbocycles. The molecule has 1 aliphatic heterocycles. The fourth-order valence-electron chi connectivity index (χ4n) is 6.73. The van der Waals surface area contributed by atoms with Crippen molar-refractivity contribution in [1.82, 2.24) is 24.8 Å². The number of likely N-dealkylation sites (tertiary alicyclic amines) is 1. The number of aldehydes is 1. The standard InChI is InChI=1S/C36H43N7O6S/c1-34(2,3)23-19-27(31(48-6)28(20-23)41-50(7,46)47)37-33(45)38-36(22-44)17-15-29(25-11-8-9-12-26(25)36)49-24-13-14-30-39-40-32(43(30)21-24)35(4)16-10-18-42(35)5/h8-9,11-15,17,19-22,29,41H,10,16,18H2,1-7H3,(H2,37,38,45)/t29-,35-,36-/m1/s1. The maximum Gasteiger partial charge on any atom is 0.320 e. The lowest BCUT2D eigenvalue weighted by Crippen LogP contribution is -2.49. The van der Waals surface area contributed by atoms with E-state index < -0.39 is 33.1 Å². The molecular weight excluding hydrogens is 659 g/mol. The molecule has 2 amide bonds. The van der Waals surface area contributed by atoms with E-state index in [4.69, 9.17) is 9.47 Å². The van der Waals surface area contributed by atoms with Crippen molar-refractivity contribution in [2.24, 2.45) is 0 Å². The number of benzene rings is 2. The molecular formula is C36H43N7O6S. The number of aromatic nitrogens is 3. The van der Waals surface area contributed by atoms with Gasteiger partial charge in [-0.05, 0) is 86.3 Å². The van der Waals surface area contributed by atoms with E-state index in [-0.39, 0.29) is 22.7 Å². The van der Waals surface area contributed by atoms with Crippen LogP contribution in [0.5, 0.6) is 11.5 Å². The highest BCUT2D eigenvalue weighted by Crippen LogP contribution is 2.41. The van der Waals surface area contributed by atoms with Gasteiger partial charge in [0, 0.05) is 5.56 Å².